The second-order valence-electron chi connectivity index (χ2n) is 12.5. The Morgan fingerprint density at radius 3 is 2.21 bits per heavy atom. The summed E-state index contributed by atoms with van der Waals surface area (Å²) in [6, 6.07) is 21.1. The number of esters is 1. The molecule has 0 bridgehead atoms. The number of aliphatic hydroxyl groups is 2. The zero-order valence-corrected chi connectivity index (χ0v) is 27.0. The summed E-state index contributed by atoms with van der Waals surface area (Å²) < 4.78 is 24.3. The summed E-state index contributed by atoms with van der Waals surface area (Å²) >= 11 is 0. The van der Waals surface area contributed by atoms with Gasteiger partial charge in [0.1, 0.15) is 6.61 Å². The minimum atomic E-state index is -2.71. The van der Waals surface area contributed by atoms with Crippen molar-refractivity contribution >= 4 is 24.7 Å². The van der Waals surface area contributed by atoms with E-state index in [-0.39, 0.29) is 30.6 Å². The minimum Gasteiger partial charge on any atom is -0.463 e. The lowest BCUT2D eigenvalue weighted by atomic mass is 9.97. The van der Waals surface area contributed by atoms with Crippen LogP contribution >= 0.6 is 0 Å². The molecular formula is C34H48O7Si. The molecule has 8 heteroatoms. The van der Waals surface area contributed by atoms with Crippen molar-refractivity contribution in [3.63, 3.8) is 0 Å². The average Bonchev–Trinajstić information content (AvgIpc) is 2.96. The van der Waals surface area contributed by atoms with Gasteiger partial charge in [-0.2, -0.15) is 0 Å². The minimum absolute atomic E-state index is 0.112. The molecule has 0 aliphatic carbocycles. The molecule has 0 spiro atoms. The van der Waals surface area contributed by atoms with Crippen LogP contribution in [0.2, 0.25) is 5.04 Å². The second-order valence-corrected chi connectivity index (χ2v) is 16.8. The topological polar surface area (TPSA) is 94.5 Å². The Hall–Kier alpha value is -2.51. The van der Waals surface area contributed by atoms with E-state index in [0.29, 0.717) is 19.4 Å². The second kappa shape index (κ2) is 14.8. The highest BCUT2D eigenvalue weighted by Gasteiger charge is 2.51. The van der Waals surface area contributed by atoms with E-state index in [9.17, 15) is 15.0 Å². The SMILES string of the molecule is COC1(C#CCC(O)CCC(C)(O)COC(C)=O)CCCC(CO[Si](c2ccccc2)(c2ccccc2)C(C)(C)C)O1. The van der Waals surface area contributed by atoms with Crippen molar-refractivity contribution in [2.75, 3.05) is 20.3 Å². The van der Waals surface area contributed by atoms with Gasteiger partial charge in [0.25, 0.3) is 8.32 Å². The third kappa shape index (κ3) is 8.99. The quantitative estimate of drug-likeness (QED) is 0.214. The molecule has 1 aliphatic heterocycles. The maximum atomic E-state index is 11.0. The Balaban J connectivity index is 1.71. The van der Waals surface area contributed by atoms with E-state index in [1.807, 2.05) is 12.1 Å². The van der Waals surface area contributed by atoms with Crippen molar-refractivity contribution in [1.82, 2.24) is 0 Å². The van der Waals surface area contributed by atoms with E-state index >= 15 is 0 Å². The lowest BCUT2D eigenvalue weighted by Gasteiger charge is -2.44. The van der Waals surface area contributed by atoms with Crippen LogP contribution in [0.5, 0.6) is 0 Å². The number of rotatable bonds is 12. The molecule has 1 saturated heterocycles. The number of aliphatic hydroxyl groups excluding tert-OH is 1. The zero-order valence-electron chi connectivity index (χ0n) is 26.0. The fourth-order valence-corrected chi connectivity index (χ4v) is 10.1. The van der Waals surface area contributed by atoms with Crippen molar-refractivity contribution in [1.29, 1.82) is 0 Å². The van der Waals surface area contributed by atoms with Crippen LogP contribution in [-0.4, -0.2) is 68.4 Å². The highest BCUT2D eigenvalue weighted by Crippen LogP contribution is 2.38. The van der Waals surface area contributed by atoms with Gasteiger partial charge >= 0.3 is 5.97 Å². The van der Waals surface area contributed by atoms with Crippen molar-refractivity contribution in [3.8, 4) is 11.8 Å². The molecule has 1 aliphatic rings. The fourth-order valence-electron chi connectivity index (χ4n) is 5.55. The average molecular weight is 597 g/mol. The fraction of sp³-hybridized carbons (Fsp3) is 0.559. The number of benzene rings is 2. The molecule has 2 aromatic carbocycles. The van der Waals surface area contributed by atoms with Gasteiger partial charge in [0.2, 0.25) is 5.79 Å². The van der Waals surface area contributed by atoms with Crippen molar-refractivity contribution in [2.24, 2.45) is 0 Å². The van der Waals surface area contributed by atoms with Crippen LogP contribution in [0.3, 0.4) is 0 Å². The monoisotopic (exact) mass is 596 g/mol. The van der Waals surface area contributed by atoms with Crippen molar-refractivity contribution < 1.29 is 33.6 Å². The molecule has 230 valence electrons. The van der Waals surface area contributed by atoms with Crippen LogP contribution < -0.4 is 10.4 Å². The lowest BCUT2D eigenvalue weighted by Crippen LogP contribution is -2.67. The smallest absolute Gasteiger partial charge is 0.302 e. The molecule has 2 aromatic rings. The molecule has 0 amide bonds. The Morgan fingerprint density at radius 2 is 1.69 bits per heavy atom. The first-order valence-electron chi connectivity index (χ1n) is 14.8. The Kier molecular flexibility index (Phi) is 12.0. The molecule has 0 saturated carbocycles. The predicted octanol–water partition coefficient (Wildman–Crippen LogP) is 4.32. The van der Waals surface area contributed by atoms with Crippen molar-refractivity contribution in [3.05, 3.63) is 60.7 Å². The van der Waals surface area contributed by atoms with Gasteiger partial charge in [0.15, 0.2) is 0 Å². The van der Waals surface area contributed by atoms with Crippen LogP contribution in [0, 0.1) is 11.8 Å². The molecule has 3 rings (SSSR count). The van der Waals surface area contributed by atoms with Crippen LogP contribution in [0.15, 0.2) is 60.7 Å². The molecular weight excluding hydrogens is 548 g/mol. The molecule has 42 heavy (non-hydrogen) atoms. The number of carbonyl (C=O) groups excluding carboxylic acids is 1. The summed E-state index contributed by atoms with van der Waals surface area (Å²) in [6.45, 7) is 9.95. The first-order chi connectivity index (χ1) is 19.8. The molecule has 0 aromatic heterocycles. The summed E-state index contributed by atoms with van der Waals surface area (Å²) in [5, 5.41) is 23.2. The van der Waals surface area contributed by atoms with Gasteiger partial charge in [-0.3, -0.25) is 4.79 Å². The first-order valence-corrected chi connectivity index (χ1v) is 16.8. The molecule has 7 nitrogen and oxygen atoms in total. The van der Waals surface area contributed by atoms with Crippen LogP contribution in [0.25, 0.3) is 0 Å². The lowest BCUT2D eigenvalue weighted by molar-refractivity contribution is -0.236. The number of carbonyl (C=O) groups is 1. The number of hydrogen-bond acceptors (Lipinski definition) is 7. The van der Waals surface area contributed by atoms with E-state index in [2.05, 4.69) is 81.1 Å². The number of ether oxygens (including phenoxy) is 3. The van der Waals surface area contributed by atoms with Crippen LogP contribution in [0.4, 0.5) is 0 Å². The van der Waals surface area contributed by atoms with Gasteiger partial charge < -0.3 is 28.8 Å². The molecule has 1 fully saturated rings. The molecule has 2 N–H and O–H groups in total. The summed E-state index contributed by atoms with van der Waals surface area (Å²) in [5.41, 5.74) is -1.21. The van der Waals surface area contributed by atoms with Gasteiger partial charge in [-0.1, -0.05) is 87.4 Å². The standard InChI is InChI=1S/C34H48O7Si/c1-27(35)39-26-33(5,37)24-21-28(36)15-13-22-34(38-6)23-14-16-29(41-34)25-40-42(32(2,3)4,30-17-9-7-10-18-30)31-19-11-8-12-20-31/h7-12,17-20,28-29,36-37H,14-16,21,23-26H2,1-6H3. The first kappa shape index (κ1) is 34.0. The Morgan fingerprint density at radius 1 is 1.10 bits per heavy atom. The summed E-state index contributed by atoms with van der Waals surface area (Å²) in [5.74, 6) is 4.68. The van der Waals surface area contributed by atoms with E-state index < -0.39 is 31.8 Å². The number of methoxy groups -OCH3 is 1. The van der Waals surface area contributed by atoms with Gasteiger partial charge in [-0.25, -0.2) is 0 Å². The largest absolute Gasteiger partial charge is 0.463 e. The van der Waals surface area contributed by atoms with Crippen LogP contribution in [-0.2, 0) is 23.4 Å². The van der Waals surface area contributed by atoms with E-state index in [1.165, 1.54) is 17.3 Å². The van der Waals surface area contributed by atoms with Gasteiger partial charge in [-0.05, 0) is 53.9 Å². The highest BCUT2D eigenvalue weighted by atomic mass is 28.4. The van der Waals surface area contributed by atoms with E-state index in [4.69, 9.17) is 18.6 Å². The van der Waals surface area contributed by atoms with Gasteiger partial charge in [-0.15, -0.1) is 0 Å². The normalized spacial score (nSPS) is 21.5. The van der Waals surface area contributed by atoms with E-state index in [0.717, 1.165) is 12.8 Å². The summed E-state index contributed by atoms with van der Waals surface area (Å²) in [6.07, 6.45) is 2.20. The summed E-state index contributed by atoms with van der Waals surface area (Å²) in [4.78, 5) is 11.0. The zero-order chi connectivity index (χ0) is 30.9. The van der Waals surface area contributed by atoms with Crippen molar-refractivity contribution in [2.45, 2.75) is 102 Å². The van der Waals surface area contributed by atoms with Gasteiger partial charge in [0, 0.05) is 26.9 Å². The summed E-state index contributed by atoms with van der Waals surface area (Å²) in [7, 11) is -1.11. The third-order valence-corrected chi connectivity index (χ3v) is 12.8. The molecule has 4 atom stereocenters. The number of hydrogen-bond donors (Lipinski definition) is 2. The van der Waals surface area contributed by atoms with E-state index in [1.54, 1.807) is 14.0 Å². The maximum Gasteiger partial charge on any atom is 0.302 e. The third-order valence-electron chi connectivity index (χ3n) is 7.84. The maximum absolute atomic E-state index is 11.0. The van der Waals surface area contributed by atoms with Gasteiger partial charge in [0.05, 0.1) is 24.4 Å². The molecule has 1 heterocycles. The molecule has 0 radical (unpaired) electrons. The predicted molar refractivity (Wildman–Crippen MR) is 167 cm³/mol. The molecule has 4 unspecified atom stereocenters. The Bertz CT molecular complexity index is 1140. The Labute approximate surface area is 252 Å². The highest BCUT2D eigenvalue weighted by molar-refractivity contribution is 6.99. The van der Waals surface area contributed by atoms with Crippen LogP contribution in [0.1, 0.15) is 73.1 Å².